The number of nitrogens with two attached hydrogens (primary N) is 1. The van der Waals surface area contributed by atoms with Crippen molar-refractivity contribution < 1.29 is 14.3 Å². The van der Waals surface area contributed by atoms with Crippen LogP contribution in [-0.2, 0) is 11.3 Å². The number of ether oxygens (including phenoxy) is 2. The van der Waals surface area contributed by atoms with Crippen molar-refractivity contribution in [3.63, 3.8) is 0 Å². The van der Waals surface area contributed by atoms with Crippen LogP contribution in [0.4, 0.5) is 0 Å². The van der Waals surface area contributed by atoms with Crippen molar-refractivity contribution in [2.24, 2.45) is 11.7 Å². The summed E-state index contributed by atoms with van der Waals surface area (Å²) in [5, 5.41) is 0.811. The van der Waals surface area contributed by atoms with E-state index in [0.29, 0.717) is 29.1 Å². The zero-order valence-corrected chi connectivity index (χ0v) is 16.6. The minimum absolute atomic E-state index is 0.0592. The Bertz CT molecular complexity index is 797. The van der Waals surface area contributed by atoms with Crippen LogP contribution >= 0.6 is 11.3 Å². The van der Waals surface area contributed by atoms with Crippen LogP contribution < -0.4 is 10.5 Å². The summed E-state index contributed by atoms with van der Waals surface area (Å²) in [4.78, 5) is 25.4. The van der Waals surface area contributed by atoms with E-state index in [1.54, 1.807) is 14.2 Å². The summed E-state index contributed by atoms with van der Waals surface area (Å²) < 4.78 is 10.6. The summed E-state index contributed by atoms with van der Waals surface area (Å²) in [5.74, 6) is 1.59. The number of carbonyl (C=O) groups excluding carboxylic acids is 1. The average Bonchev–Trinajstić information content (AvgIpc) is 2.97. The number of hydrogen-bond donors (Lipinski definition) is 1. The van der Waals surface area contributed by atoms with Crippen molar-refractivity contribution in [1.29, 1.82) is 0 Å². The third-order valence-corrected chi connectivity index (χ3v) is 6.21. The van der Waals surface area contributed by atoms with Gasteiger partial charge in [-0.15, -0.1) is 11.3 Å². The lowest BCUT2D eigenvalue weighted by Crippen LogP contribution is -2.42. The smallest absolute Gasteiger partial charge is 0.264 e. The highest BCUT2D eigenvalue weighted by atomic mass is 32.1. The number of hydrogen-bond acceptors (Lipinski definition) is 7. The highest BCUT2D eigenvalue weighted by molar-refractivity contribution is 7.20. The van der Waals surface area contributed by atoms with Crippen LogP contribution in [0.3, 0.4) is 0 Å². The van der Waals surface area contributed by atoms with Gasteiger partial charge in [-0.3, -0.25) is 4.79 Å². The van der Waals surface area contributed by atoms with Crippen LogP contribution in [0.25, 0.3) is 10.2 Å². The number of amides is 1. The Hall–Kier alpha value is -1.77. The molecule has 142 valence electrons. The maximum Gasteiger partial charge on any atom is 0.264 e. The summed E-state index contributed by atoms with van der Waals surface area (Å²) in [5.41, 5.74) is 6.88. The fraction of sp³-hybridized carbons (Fsp3) is 0.611. The zero-order chi connectivity index (χ0) is 18.8. The molecule has 1 unspecified atom stereocenters. The zero-order valence-electron chi connectivity index (χ0n) is 15.7. The molecule has 1 atom stereocenters. The molecule has 0 saturated carbocycles. The molecule has 1 amide bonds. The summed E-state index contributed by atoms with van der Waals surface area (Å²) in [6, 6.07) is 0.178. The standard InChI is InChI=1S/C18H26N4O3S/c1-10-14-16(25-4)20-13(9-24-3)21-17(14)26-15(10)18(23)22-7-5-12(6-8-22)11(2)19/h11-12H,5-9,19H2,1-4H3. The molecule has 26 heavy (non-hydrogen) atoms. The first-order chi connectivity index (χ1) is 12.5. The molecule has 8 heteroatoms. The largest absolute Gasteiger partial charge is 0.480 e. The van der Waals surface area contributed by atoms with E-state index >= 15 is 0 Å². The lowest BCUT2D eigenvalue weighted by atomic mass is 9.91. The Labute approximate surface area is 157 Å². The lowest BCUT2D eigenvalue weighted by Gasteiger charge is -2.33. The van der Waals surface area contributed by atoms with E-state index in [1.165, 1.54) is 11.3 Å². The van der Waals surface area contributed by atoms with Crippen molar-refractivity contribution in [1.82, 2.24) is 14.9 Å². The molecule has 0 aliphatic carbocycles. The van der Waals surface area contributed by atoms with E-state index in [1.807, 2.05) is 18.7 Å². The molecule has 0 bridgehead atoms. The van der Waals surface area contributed by atoms with Crippen molar-refractivity contribution >= 4 is 27.5 Å². The van der Waals surface area contributed by atoms with Gasteiger partial charge in [0.05, 0.1) is 17.4 Å². The Morgan fingerprint density at radius 1 is 1.35 bits per heavy atom. The van der Waals surface area contributed by atoms with Gasteiger partial charge in [0, 0.05) is 26.2 Å². The fourth-order valence-corrected chi connectivity index (χ4v) is 4.62. The summed E-state index contributed by atoms with van der Waals surface area (Å²) >= 11 is 1.40. The van der Waals surface area contributed by atoms with E-state index in [0.717, 1.165) is 41.7 Å². The molecule has 2 N–H and O–H groups in total. The maximum absolute atomic E-state index is 13.1. The minimum Gasteiger partial charge on any atom is -0.480 e. The Morgan fingerprint density at radius 2 is 2.04 bits per heavy atom. The summed E-state index contributed by atoms with van der Waals surface area (Å²) in [7, 11) is 3.18. The molecule has 3 heterocycles. The van der Waals surface area contributed by atoms with E-state index in [9.17, 15) is 4.79 Å². The Kier molecular flexibility index (Phi) is 5.74. The van der Waals surface area contributed by atoms with E-state index < -0.39 is 0 Å². The van der Waals surface area contributed by atoms with Crippen LogP contribution in [0.15, 0.2) is 0 Å². The molecule has 0 spiro atoms. The monoisotopic (exact) mass is 378 g/mol. The van der Waals surface area contributed by atoms with Crippen molar-refractivity contribution in [3.05, 3.63) is 16.3 Å². The van der Waals surface area contributed by atoms with Crippen LogP contribution in [0.2, 0.25) is 0 Å². The highest BCUT2D eigenvalue weighted by Gasteiger charge is 2.29. The molecule has 0 radical (unpaired) electrons. The molecule has 1 aliphatic heterocycles. The quantitative estimate of drug-likeness (QED) is 0.859. The van der Waals surface area contributed by atoms with Gasteiger partial charge in [-0.05, 0) is 38.2 Å². The number of fused-ring (bicyclic) bond motifs is 1. The topological polar surface area (TPSA) is 90.6 Å². The highest BCUT2D eigenvalue weighted by Crippen LogP contribution is 2.36. The van der Waals surface area contributed by atoms with Crippen molar-refractivity contribution in [2.75, 3.05) is 27.3 Å². The van der Waals surface area contributed by atoms with Crippen LogP contribution in [0, 0.1) is 12.8 Å². The fourth-order valence-electron chi connectivity index (χ4n) is 3.46. The van der Waals surface area contributed by atoms with Gasteiger partial charge in [0.1, 0.15) is 11.4 Å². The lowest BCUT2D eigenvalue weighted by molar-refractivity contribution is 0.0685. The van der Waals surface area contributed by atoms with Gasteiger partial charge >= 0.3 is 0 Å². The second kappa shape index (κ2) is 7.85. The van der Waals surface area contributed by atoms with Crippen LogP contribution in [-0.4, -0.2) is 54.1 Å². The third kappa shape index (κ3) is 3.54. The molecule has 3 rings (SSSR count). The summed E-state index contributed by atoms with van der Waals surface area (Å²) in [6.07, 6.45) is 1.91. The number of nitrogens with zero attached hydrogens (tertiary/aromatic N) is 3. The minimum atomic E-state index is 0.0592. The molecular formula is C18H26N4O3S. The number of aromatic nitrogens is 2. The van der Waals surface area contributed by atoms with Gasteiger partial charge in [0.25, 0.3) is 5.91 Å². The molecule has 1 saturated heterocycles. The molecule has 2 aromatic rings. The number of methoxy groups -OCH3 is 2. The number of aryl methyl sites for hydroxylation is 1. The second-order valence-electron chi connectivity index (χ2n) is 6.81. The molecule has 2 aromatic heterocycles. The van der Waals surface area contributed by atoms with Crippen LogP contribution in [0.1, 0.15) is 40.8 Å². The van der Waals surface area contributed by atoms with Crippen molar-refractivity contribution in [3.8, 4) is 5.88 Å². The predicted octanol–water partition coefficient (Wildman–Crippen LogP) is 2.35. The third-order valence-electron chi connectivity index (χ3n) is 5.03. The first kappa shape index (κ1) is 19.0. The number of likely N-dealkylation sites (tertiary alicyclic amines) is 1. The number of thiophene rings is 1. The molecule has 1 aliphatic rings. The maximum atomic E-state index is 13.1. The van der Waals surface area contributed by atoms with E-state index in [4.69, 9.17) is 15.2 Å². The number of piperidine rings is 1. The average molecular weight is 378 g/mol. The van der Waals surface area contributed by atoms with Crippen LogP contribution in [0.5, 0.6) is 5.88 Å². The normalized spacial score (nSPS) is 16.9. The van der Waals surface area contributed by atoms with Gasteiger partial charge in [-0.2, -0.15) is 4.98 Å². The first-order valence-electron chi connectivity index (χ1n) is 8.84. The first-order valence-corrected chi connectivity index (χ1v) is 9.65. The Morgan fingerprint density at radius 3 is 2.62 bits per heavy atom. The number of carbonyl (C=O) groups is 1. The molecule has 0 aromatic carbocycles. The van der Waals surface area contributed by atoms with Gasteiger partial charge in [-0.25, -0.2) is 4.98 Å². The second-order valence-corrected chi connectivity index (χ2v) is 7.81. The van der Waals surface area contributed by atoms with Gasteiger partial charge in [0.15, 0.2) is 5.82 Å². The molecular weight excluding hydrogens is 352 g/mol. The number of rotatable bonds is 5. The van der Waals surface area contributed by atoms with Gasteiger partial charge < -0.3 is 20.1 Å². The molecule has 1 fully saturated rings. The van der Waals surface area contributed by atoms with Gasteiger partial charge in [0.2, 0.25) is 5.88 Å². The Balaban J connectivity index is 1.90. The van der Waals surface area contributed by atoms with E-state index in [-0.39, 0.29) is 11.9 Å². The van der Waals surface area contributed by atoms with Gasteiger partial charge in [-0.1, -0.05) is 0 Å². The predicted molar refractivity (Wildman–Crippen MR) is 102 cm³/mol. The summed E-state index contributed by atoms with van der Waals surface area (Å²) in [6.45, 7) is 5.77. The van der Waals surface area contributed by atoms with Crippen molar-refractivity contribution in [2.45, 2.75) is 39.3 Å². The SMILES string of the molecule is COCc1nc(OC)c2c(C)c(C(=O)N3CCC(C(C)N)CC3)sc2n1. The molecule has 7 nitrogen and oxygen atoms in total. The van der Waals surface area contributed by atoms with E-state index in [2.05, 4.69) is 9.97 Å².